The Bertz CT molecular complexity index is 175. The highest BCUT2D eigenvalue weighted by Gasteiger charge is 2.10. The molecule has 0 aliphatic rings. The van der Waals surface area contributed by atoms with Crippen LogP contribution in [0.2, 0.25) is 0 Å². The Hall–Kier alpha value is -0.940. The molecule has 10 heavy (non-hydrogen) atoms. The van der Waals surface area contributed by atoms with E-state index in [9.17, 15) is 0 Å². The van der Waals surface area contributed by atoms with Crippen LogP contribution in [0.5, 0.6) is 0 Å². The van der Waals surface area contributed by atoms with Gasteiger partial charge in [0, 0.05) is 0 Å². The number of aliphatic hydroxyl groups excluding tert-OH is 1. The minimum Gasteiger partial charge on any atom is -0.383 e. The van der Waals surface area contributed by atoms with Crippen LogP contribution in [0.3, 0.4) is 0 Å². The minimum absolute atomic E-state index is 0.227. The summed E-state index contributed by atoms with van der Waals surface area (Å²) in [4.78, 5) is 3.65. The third-order valence-corrected chi connectivity index (χ3v) is 1.10. The highest BCUT2D eigenvalue weighted by atomic mass is 16.5. The maximum Gasteiger partial charge on any atom is 0.255 e. The van der Waals surface area contributed by atoms with E-state index in [-0.39, 0.29) is 5.89 Å². The van der Waals surface area contributed by atoms with Gasteiger partial charge in [-0.2, -0.15) is 4.98 Å². The summed E-state index contributed by atoms with van der Waals surface area (Å²) >= 11 is 0. The molecule has 1 aromatic heterocycles. The largest absolute Gasteiger partial charge is 0.383 e. The monoisotopic (exact) mass is 143 g/mol. The van der Waals surface area contributed by atoms with Crippen molar-refractivity contribution in [2.24, 2.45) is 5.73 Å². The molecular formula is C5H9N3O2. The van der Waals surface area contributed by atoms with Crippen molar-refractivity contribution in [3.63, 3.8) is 0 Å². The topological polar surface area (TPSA) is 85.2 Å². The van der Waals surface area contributed by atoms with Crippen molar-refractivity contribution in [1.29, 1.82) is 0 Å². The van der Waals surface area contributed by atoms with Gasteiger partial charge in [0.2, 0.25) is 0 Å². The third-order valence-electron chi connectivity index (χ3n) is 1.10. The summed E-state index contributed by atoms with van der Waals surface area (Å²) in [7, 11) is 0. The van der Waals surface area contributed by atoms with Crippen molar-refractivity contribution >= 4 is 0 Å². The maximum atomic E-state index is 9.13. The molecule has 56 valence electrons. The second-order valence-electron chi connectivity index (χ2n) is 1.87. The van der Waals surface area contributed by atoms with E-state index in [4.69, 9.17) is 10.8 Å². The fourth-order valence-corrected chi connectivity index (χ4v) is 0.610. The first-order valence-corrected chi connectivity index (χ1v) is 2.99. The molecule has 3 N–H and O–H groups in total. The maximum absolute atomic E-state index is 9.13. The molecule has 0 radical (unpaired) electrons. The fourth-order valence-electron chi connectivity index (χ4n) is 0.610. The molecule has 1 heterocycles. The molecule has 0 bridgehead atoms. The summed E-state index contributed by atoms with van der Waals surface area (Å²) in [5.74, 6) is 0.227. The van der Waals surface area contributed by atoms with Crippen LogP contribution in [0.15, 0.2) is 10.9 Å². The number of nitrogens with zero attached hydrogens (tertiary/aromatic N) is 2. The van der Waals surface area contributed by atoms with Gasteiger partial charge in [0.15, 0.2) is 6.33 Å². The minimum atomic E-state index is -0.715. The number of aliphatic hydroxyl groups is 1. The molecule has 0 aliphatic heterocycles. The first-order valence-electron chi connectivity index (χ1n) is 2.99. The standard InChI is InChI=1S/C5H9N3O2/c6-2-1-4(9)5-7-3-8-10-5/h3-4,9H,1-2,6H2/t4-/m0/s1. The molecule has 5 nitrogen and oxygen atoms in total. The van der Waals surface area contributed by atoms with Crippen LogP contribution in [-0.2, 0) is 0 Å². The van der Waals surface area contributed by atoms with Crippen molar-refractivity contribution in [3.05, 3.63) is 12.2 Å². The molecule has 0 saturated heterocycles. The van der Waals surface area contributed by atoms with E-state index in [1.807, 2.05) is 0 Å². The van der Waals surface area contributed by atoms with Gasteiger partial charge in [0.25, 0.3) is 5.89 Å². The molecule has 0 fully saturated rings. The van der Waals surface area contributed by atoms with Crippen molar-refractivity contribution in [2.45, 2.75) is 12.5 Å². The van der Waals surface area contributed by atoms with E-state index >= 15 is 0 Å². The zero-order valence-corrected chi connectivity index (χ0v) is 5.40. The van der Waals surface area contributed by atoms with Crippen LogP contribution in [-0.4, -0.2) is 21.8 Å². The Morgan fingerprint density at radius 1 is 1.80 bits per heavy atom. The van der Waals surface area contributed by atoms with Crippen LogP contribution in [0.1, 0.15) is 18.4 Å². The molecule has 1 aromatic rings. The Morgan fingerprint density at radius 3 is 3.10 bits per heavy atom. The second-order valence-corrected chi connectivity index (χ2v) is 1.87. The van der Waals surface area contributed by atoms with E-state index < -0.39 is 6.10 Å². The lowest BCUT2D eigenvalue weighted by Crippen LogP contribution is -2.06. The van der Waals surface area contributed by atoms with Gasteiger partial charge in [0.1, 0.15) is 6.10 Å². The predicted octanol–water partition coefficient (Wildman–Crippen LogP) is -0.548. The average Bonchev–Trinajstić information content (AvgIpc) is 2.38. The molecule has 0 amide bonds. The molecule has 0 saturated carbocycles. The Morgan fingerprint density at radius 2 is 2.60 bits per heavy atom. The van der Waals surface area contributed by atoms with Crippen LogP contribution in [0, 0.1) is 0 Å². The molecule has 5 heteroatoms. The first-order chi connectivity index (χ1) is 4.84. The summed E-state index contributed by atoms with van der Waals surface area (Å²) in [6.07, 6.45) is 0.976. The Labute approximate surface area is 57.8 Å². The Balaban J connectivity index is 2.50. The smallest absolute Gasteiger partial charge is 0.255 e. The molecule has 0 unspecified atom stereocenters. The number of aromatic nitrogens is 2. The zero-order chi connectivity index (χ0) is 7.40. The lowest BCUT2D eigenvalue weighted by Gasteiger charge is -2.00. The van der Waals surface area contributed by atoms with E-state index in [1.165, 1.54) is 6.33 Å². The summed E-state index contributed by atoms with van der Waals surface area (Å²) < 4.78 is 4.58. The fraction of sp³-hybridized carbons (Fsp3) is 0.600. The van der Waals surface area contributed by atoms with E-state index in [2.05, 4.69) is 14.7 Å². The molecule has 0 aliphatic carbocycles. The van der Waals surface area contributed by atoms with Gasteiger partial charge in [-0.05, 0) is 13.0 Å². The lowest BCUT2D eigenvalue weighted by molar-refractivity contribution is 0.127. The average molecular weight is 143 g/mol. The van der Waals surface area contributed by atoms with Crippen LogP contribution in [0.4, 0.5) is 0 Å². The number of hydrogen-bond donors (Lipinski definition) is 2. The highest BCUT2D eigenvalue weighted by Crippen LogP contribution is 2.10. The van der Waals surface area contributed by atoms with Gasteiger partial charge in [-0.1, -0.05) is 5.16 Å². The lowest BCUT2D eigenvalue weighted by atomic mass is 10.2. The van der Waals surface area contributed by atoms with E-state index in [0.29, 0.717) is 13.0 Å². The summed E-state index contributed by atoms with van der Waals surface area (Å²) in [6.45, 7) is 0.406. The van der Waals surface area contributed by atoms with Crippen LogP contribution in [0.25, 0.3) is 0 Å². The first kappa shape index (κ1) is 7.17. The summed E-state index contributed by atoms with van der Waals surface area (Å²) in [6, 6.07) is 0. The van der Waals surface area contributed by atoms with Crippen molar-refractivity contribution in [2.75, 3.05) is 6.54 Å². The highest BCUT2D eigenvalue weighted by molar-refractivity contribution is 4.80. The summed E-state index contributed by atoms with van der Waals surface area (Å²) in [5, 5.41) is 12.5. The normalized spacial score (nSPS) is 13.4. The van der Waals surface area contributed by atoms with Crippen molar-refractivity contribution in [1.82, 2.24) is 10.1 Å². The summed E-state index contributed by atoms with van der Waals surface area (Å²) in [5.41, 5.74) is 5.19. The number of rotatable bonds is 3. The van der Waals surface area contributed by atoms with Gasteiger partial charge >= 0.3 is 0 Å². The second kappa shape index (κ2) is 3.28. The Kier molecular flexibility index (Phi) is 2.35. The van der Waals surface area contributed by atoms with E-state index in [1.54, 1.807) is 0 Å². The molecule has 0 spiro atoms. The van der Waals surface area contributed by atoms with Crippen molar-refractivity contribution < 1.29 is 9.63 Å². The van der Waals surface area contributed by atoms with E-state index in [0.717, 1.165) is 0 Å². The predicted molar refractivity (Wildman–Crippen MR) is 32.9 cm³/mol. The van der Waals surface area contributed by atoms with Gasteiger partial charge in [-0.3, -0.25) is 0 Å². The van der Waals surface area contributed by atoms with Crippen molar-refractivity contribution in [3.8, 4) is 0 Å². The third kappa shape index (κ3) is 1.52. The zero-order valence-electron chi connectivity index (χ0n) is 5.40. The molecular weight excluding hydrogens is 134 g/mol. The number of hydrogen-bond acceptors (Lipinski definition) is 5. The van der Waals surface area contributed by atoms with Crippen LogP contribution < -0.4 is 5.73 Å². The molecule has 1 atom stereocenters. The quantitative estimate of drug-likeness (QED) is 0.593. The van der Waals surface area contributed by atoms with Gasteiger partial charge in [-0.25, -0.2) is 0 Å². The van der Waals surface area contributed by atoms with Gasteiger partial charge in [0.05, 0.1) is 0 Å². The van der Waals surface area contributed by atoms with Gasteiger partial charge < -0.3 is 15.4 Å². The number of nitrogens with two attached hydrogens (primary N) is 1. The van der Waals surface area contributed by atoms with Crippen LogP contribution >= 0.6 is 0 Å². The van der Waals surface area contributed by atoms with Gasteiger partial charge in [-0.15, -0.1) is 0 Å². The molecule has 1 rings (SSSR count). The SMILES string of the molecule is NCC[C@H](O)c1ncno1. The molecule has 0 aromatic carbocycles.